The minimum absolute atomic E-state index is 0.391. The van der Waals surface area contributed by atoms with Crippen LogP contribution in [0.2, 0.25) is 0 Å². The number of nitrogens with zero attached hydrogens (tertiary/aromatic N) is 5. The van der Waals surface area contributed by atoms with Gasteiger partial charge in [0.15, 0.2) is 0 Å². The molecule has 1 heterocycles. The van der Waals surface area contributed by atoms with E-state index in [9.17, 15) is 4.79 Å². The molecule has 0 aliphatic rings. The van der Waals surface area contributed by atoms with E-state index in [1.54, 1.807) is 0 Å². The number of nitrogens with one attached hydrogen (secondary N) is 1. The molecule has 0 unspecified atom stereocenters. The highest BCUT2D eigenvalue weighted by Gasteiger charge is 2.10. The predicted octanol–water partition coefficient (Wildman–Crippen LogP) is 0.332. The molecule has 9 heteroatoms. The molecule has 23 heavy (non-hydrogen) atoms. The third-order valence-corrected chi connectivity index (χ3v) is 3.30. The number of benzene rings is 1. The van der Waals surface area contributed by atoms with Crippen LogP contribution in [0, 0.1) is 0 Å². The molecular formula is C14H21N7O2. The van der Waals surface area contributed by atoms with Crippen molar-refractivity contribution in [3.8, 4) is 5.69 Å². The standard InChI is InChI=1S/C14H21N7O2/c1-20(2)10-5-7-11(8-6-10)21-18-14(17-19-21)16-9-3-4-12(15)13(22)23/h5-8,12H,3-4,9,15H2,1-2H3,(H,16,18)(H,22,23)/t12-/m0/s1. The van der Waals surface area contributed by atoms with Crippen molar-refractivity contribution in [1.29, 1.82) is 0 Å². The predicted molar refractivity (Wildman–Crippen MR) is 86.8 cm³/mol. The molecule has 9 nitrogen and oxygen atoms in total. The summed E-state index contributed by atoms with van der Waals surface area (Å²) < 4.78 is 0. The van der Waals surface area contributed by atoms with E-state index in [-0.39, 0.29) is 0 Å². The van der Waals surface area contributed by atoms with Crippen molar-refractivity contribution in [2.24, 2.45) is 5.73 Å². The van der Waals surface area contributed by atoms with Gasteiger partial charge < -0.3 is 21.1 Å². The van der Waals surface area contributed by atoms with Gasteiger partial charge in [0, 0.05) is 26.3 Å². The molecule has 0 aliphatic heterocycles. The Balaban J connectivity index is 1.87. The molecule has 1 aromatic heterocycles. The Bertz CT molecular complexity index is 639. The van der Waals surface area contributed by atoms with Crippen molar-refractivity contribution < 1.29 is 9.90 Å². The number of tetrazole rings is 1. The van der Waals surface area contributed by atoms with E-state index in [1.807, 2.05) is 43.3 Å². The average molecular weight is 319 g/mol. The minimum atomic E-state index is -0.991. The first-order chi connectivity index (χ1) is 11.0. The van der Waals surface area contributed by atoms with Gasteiger partial charge in [-0.2, -0.15) is 0 Å². The van der Waals surface area contributed by atoms with Gasteiger partial charge in [0.05, 0.1) is 5.69 Å². The van der Waals surface area contributed by atoms with E-state index in [4.69, 9.17) is 10.8 Å². The molecule has 0 spiro atoms. The lowest BCUT2D eigenvalue weighted by Crippen LogP contribution is -2.30. The van der Waals surface area contributed by atoms with Gasteiger partial charge in [-0.15, -0.1) is 9.90 Å². The molecule has 0 amide bonds. The van der Waals surface area contributed by atoms with E-state index in [0.717, 1.165) is 11.4 Å². The first-order valence-corrected chi connectivity index (χ1v) is 7.27. The zero-order valence-corrected chi connectivity index (χ0v) is 13.2. The highest BCUT2D eigenvalue weighted by Crippen LogP contribution is 2.14. The van der Waals surface area contributed by atoms with Crippen LogP contribution in [-0.2, 0) is 4.79 Å². The quantitative estimate of drug-likeness (QED) is 0.595. The maximum Gasteiger partial charge on any atom is 0.320 e. The summed E-state index contributed by atoms with van der Waals surface area (Å²) in [4.78, 5) is 14.0. The zero-order chi connectivity index (χ0) is 16.8. The van der Waals surface area contributed by atoms with Crippen LogP contribution >= 0.6 is 0 Å². The van der Waals surface area contributed by atoms with Crippen LogP contribution in [-0.4, -0.2) is 58.0 Å². The number of hydrogen-bond acceptors (Lipinski definition) is 7. The second kappa shape index (κ2) is 7.54. The van der Waals surface area contributed by atoms with Crippen molar-refractivity contribution in [2.45, 2.75) is 18.9 Å². The minimum Gasteiger partial charge on any atom is -0.480 e. The molecule has 1 atom stereocenters. The van der Waals surface area contributed by atoms with Crippen LogP contribution in [0.15, 0.2) is 24.3 Å². The van der Waals surface area contributed by atoms with Crippen molar-refractivity contribution in [3.63, 3.8) is 0 Å². The third-order valence-electron chi connectivity index (χ3n) is 3.30. The smallest absolute Gasteiger partial charge is 0.320 e. The van der Waals surface area contributed by atoms with Gasteiger partial charge in [0.2, 0.25) is 0 Å². The van der Waals surface area contributed by atoms with E-state index >= 15 is 0 Å². The summed E-state index contributed by atoms with van der Waals surface area (Å²) in [6.45, 7) is 0.534. The molecule has 0 fully saturated rings. The van der Waals surface area contributed by atoms with Crippen molar-refractivity contribution >= 4 is 17.6 Å². The first-order valence-electron chi connectivity index (χ1n) is 7.27. The van der Waals surface area contributed by atoms with Crippen LogP contribution in [0.1, 0.15) is 12.8 Å². The maximum absolute atomic E-state index is 10.6. The molecule has 0 radical (unpaired) electrons. The molecule has 0 saturated carbocycles. The van der Waals surface area contributed by atoms with E-state index in [0.29, 0.717) is 25.3 Å². The van der Waals surface area contributed by atoms with Crippen molar-refractivity contribution in [2.75, 3.05) is 30.9 Å². The number of aliphatic carboxylic acids is 1. The summed E-state index contributed by atoms with van der Waals surface area (Å²) in [6.07, 6.45) is 1.00. The Kier molecular flexibility index (Phi) is 5.47. The topological polar surface area (TPSA) is 122 Å². The second-order valence-corrected chi connectivity index (χ2v) is 5.33. The molecule has 0 aliphatic carbocycles. The summed E-state index contributed by atoms with van der Waals surface area (Å²) in [5, 5.41) is 23.8. The highest BCUT2D eigenvalue weighted by atomic mass is 16.4. The SMILES string of the molecule is CN(C)c1ccc(-n2nnc(NCCC[C@H](N)C(=O)O)n2)cc1. The van der Waals surface area contributed by atoms with Crippen molar-refractivity contribution in [3.05, 3.63) is 24.3 Å². The average Bonchev–Trinajstić information content (AvgIpc) is 3.00. The number of rotatable bonds is 8. The monoisotopic (exact) mass is 319 g/mol. The van der Waals surface area contributed by atoms with Crippen LogP contribution < -0.4 is 16.0 Å². The van der Waals surface area contributed by atoms with Gasteiger partial charge in [-0.25, -0.2) is 0 Å². The number of aromatic nitrogens is 4. The lowest BCUT2D eigenvalue weighted by atomic mass is 10.2. The van der Waals surface area contributed by atoms with Crippen LogP contribution in [0.4, 0.5) is 11.6 Å². The van der Waals surface area contributed by atoms with E-state index in [1.165, 1.54) is 4.80 Å². The summed E-state index contributed by atoms with van der Waals surface area (Å²) in [5.74, 6) is -0.596. The van der Waals surface area contributed by atoms with Gasteiger partial charge >= 0.3 is 5.97 Å². The Morgan fingerprint density at radius 2 is 2.09 bits per heavy atom. The fourth-order valence-corrected chi connectivity index (χ4v) is 1.92. The molecule has 2 aromatic rings. The largest absolute Gasteiger partial charge is 0.480 e. The van der Waals surface area contributed by atoms with Crippen molar-refractivity contribution in [1.82, 2.24) is 20.2 Å². The molecule has 0 saturated heterocycles. The number of nitrogens with two attached hydrogens (primary N) is 1. The van der Waals surface area contributed by atoms with Gasteiger partial charge in [0.25, 0.3) is 5.95 Å². The fraction of sp³-hybridized carbons (Fsp3) is 0.429. The fourth-order valence-electron chi connectivity index (χ4n) is 1.92. The number of carbonyl (C=O) groups is 1. The normalized spacial score (nSPS) is 12.0. The summed E-state index contributed by atoms with van der Waals surface area (Å²) in [5.41, 5.74) is 7.33. The Morgan fingerprint density at radius 3 is 2.70 bits per heavy atom. The maximum atomic E-state index is 10.6. The first kappa shape index (κ1) is 16.7. The lowest BCUT2D eigenvalue weighted by molar-refractivity contribution is -0.138. The number of anilines is 2. The highest BCUT2D eigenvalue weighted by molar-refractivity contribution is 5.72. The van der Waals surface area contributed by atoms with Gasteiger partial charge in [-0.3, -0.25) is 4.79 Å². The Morgan fingerprint density at radius 1 is 1.39 bits per heavy atom. The molecule has 2 rings (SSSR count). The van der Waals surface area contributed by atoms with Gasteiger partial charge in [0.1, 0.15) is 6.04 Å². The number of carboxylic acids is 1. The second-order valence-electron chi connectivity index (χ2n) is 5.33. The van der Waals surface area contributed by atoms with Crippen LogP contribution in [0.25, 0.3) is 5.69 Å². The van der Waals surface area contributed by atoms with Crippen LogP contribution in [0.3, 0.4) is 0 Å². The molecule has 124 valence electrons. The van der Waals surface area contributed by atoms with Gasteiger partial charge in [-0.1, -0.05) is 5.10 Å². The number of carboxylic acid groups (broad SMARTS) is 1. The zero-order valence-electron chi connectivity index (χ0n) is 13.2. The van der Waals surface area contributed by atoms with Crippen LogP contribution in [0.5, 0.6) is 0 Å². The third kappa shape index (κ3) is 4.65. The van der Waals surface area contributed by atoms with Gasteiger partial charge in [-0.05, 0) is 42.3 Å². The van der Waals surface area contributed by atoms with E-state index < -0.39 is 12.0 Å². The lowest BCUT2D eigenvalue weighted by Gasteiger charge is -2.12. The molecule has 4 N–H and O–H groups in total. The Labute approximate surface area is 134 Å². The molecule has 0 bridgehead atoms. The molecular weight excluding hydrogens is 298 g/mol. The number of hydrogen-bond donors (Lipinski definition) is 3. The summed E-state index contributed by atoms with van der Waals surface area (Å²) >= 11 is 0. The molecule has 1 aromatic carbocycles. The Hall–Kier alpha value is -2.68. The summed E-state index contributed by atoms with van der Waals surface area (Å²) in [6, 6.07) is 6.92. The van der Waals surface area contributed by atoms with E-state index in [2.05, 4.69) is 20.7 Å². The summed E-state index contributed by atoms with van der Waals surface area (Å²) in [7, 11) is 3.95.